The van der Waals surface area contributed by atoms with Crippen LogP contribution < -0.4 is 0 Å². The van der Waals surface area contributed by atoms with Crippen molar-refractivity contribution in [2.24, 2.45) is 5.92 Å². The zero-order valence-electron chi connectivity index (χ0n) is 10.7. The molecule has 0 heterocycles. The van der Waals surface area contributed by atoms with Crippen molar-refractivity contribution in [3.63, 3.8) is 0 Å². The van der Waals surface area contributed by atoms with Gasteiger partial charge < -0.3 is 4.79 Å². The first kappa shape index (κ1) is 16.0. The molecule has 0 aliphatic carbocycles. The second-order valence-corrected chi connectivity index (χ2v) is 5.02. The van der Waals surface area contributed by atoms with E-state index in [9.17, 15) is 4.79 Å². The lowest BCUT2D eigenvalue weighted by molar-refractivity contribution is -0.111. The molecule has 0 bridgehead atoms. The van der Waals surface area contributed by atoms with Gasteiger partial charge in [-0.1, -0.05) is 58.3 Å². The molecule has 0 saturated carbocycles. The number of aldehydes is 1. The molecule has 1 nitrogen and oxygen atoms in total. The third-order valence-electron chi connectivity index (χ3n) is 3.10. The molecule has 0 radical (unpaired) electrons. The molecule has 0 amide bonds. The molecule has 0 aromatic heterocycles. The summed E-state index contributed by atoms with van der Waals surface area (Å²) >= 11 is 5.63. The normalized spacial score (nSPS) is 12.6. The van der Waals surface area contributed by atoms with Crippen LogP contribution in [0, 0.1) is 5.92 Å². The van der Waals surface area contributed by atoms with Gasteiger partial charge in [0.1, 0.15) is 6.29 Å². The molecule has 96 valence electrons. The van der Waals surface area contributed by atoms with Gasteiger partial charge in [-0.25, -0.2) is 0 Å². The summed E-state index contributed by atoms with van der Waals surface area (Å²) in [6.07, 6.45) is 13.6. The molecular formula is C14H27ClO. The Morgan fingerprint density at radius 3 is 2.00 bits per heavy atom. The SMILES string of the molecule is CCCCCCCCCCC(C=O)CCCl. The fourth-order valence-corrected chi connectivity index (χ4v) is 2.24. The van der Waals surface area contributed by atoms with Gasteiger partial charge in [0.2, 0.25) is 0 Å². The summed E-state index contributed by atoms with van der Waals surface area (Å²) in [5, 5.41) is 0. The average Bonchev–Trinajstić information content (AvgIpc) is 2.31. The minimum Gasteiger partial charge on any atom is -0.303 e. The fourth-order valence-electron chi connectivity index (χ4n) is 1.96. The molecule has 0 aromatic carbocycles. The topological polar surface area (TPSA) is 17.1 Å². The highest BCUT2D eigenvalue weighted by molar-refractivity contribution is 6.17. The first-order valence-electron chi connectivity index (χ1n) is 6.86. The zero-order chi connectivity index (χ0) is 12.1. The molecular weight excluding hydrogens is 220 g/mol. The number of halogens is 1. The number of hydrogen-bond acceptors (Lipinski definition) is 1. The van der Waals surface area contributed by atoms with Gasteiger partial charge in [0.15, 0.2) is 0 Å². The number of unbranched alkanes of at least 4 members (excludes halogenated alkanes) is 7. The van der Waals surface area contributed by atoms with Gasteiger partial charge in [-0.3, -0.25) is 0 Å². The van der Waals surface area contributed by atoms with Gasteiger partial charge in [-0.2, -0.15) is 0 Å². The summed E-state index contributed by atoms with van der Waals surface area (Å²) in [4.78, 5) is 10.7. The van der Waals surface area contributed by atoms with Crippen molar-refractivity contribution < 1.29 is 4.79 Å². The van der Waals surface area contributed by atoms with Crippen LogP contribution in [0.25, 0.3) is 0 Å². The van der Waals surface area contributed by atoms with Crippen molar-refractivity contribution in [3.05, 3.63) is 0 Å². The van der Waals surface area contributed by atoms with Crippen LogP contribution in [0.3, 0.4) is 0 Å². The van der Waals surface area contributed by atoms with Gasteiger partial charge in [-0.15, -0.1) is 11.6 Å². The number of alkyl halides is 1. The van der Waals surface area contributed by atoms with Crippen LogP contribution in [0.5, 0.6) is 0 Å². The van der Waals surface area contributed by atoms with E-state index in [1.165, 1.54) is 51.4 Å². The van der Waals surface area contributed by atoms with Crippen LogP contribution in [-0.2, 0) is 4.79 Å². The van der Waals surface area contributed by atoms with E-state index in [0.29, 0.717) is 5.88 Å². The molecule has 0 aliphatic heterocycles. The maximum absolute atomic E-state index is 10.7. The van der Waals surface area contributed by atoms with Crippen molar-refractivity contribution in [3.8, 4) is 0 Å². The van der Waals surface area contributed by atoms with E-state index in [0.717, 1.165) is 19.1 Å². The predicted molar refractivity (Wildman–Crippen MR) is 72.1 cm³/mol. The monoisotopic (exact) mass is 246 g/mol. The van der Waals surface area contributed by atoms with Crippen molar-refractivity contribution in [1.29, 1.82) is 0 Å². The Bertz CT molecular complexity index is 148. The largest absolute Gasteiger partial charge is 0.303 e. The molecule has 0 aromatic rings. The first-order chi connectivity index (χ1) is 7.85. The van der Waals surface area contributed by atoms with E-state index in [1.807, 2.05) is 0 Å². The molecule has 16 heavy (non-hydrogen) atoms. The minimum atomic E-state index is 0.206. The lowest BCUT2D eigenvalue weighted by Crippen LogP contribution is -2.02. The summed E-state index contributed by atoms with van der Waals surface area (Å²) < 4.78 is 0. The highest BCUT2D eigenvalue weighted by Crippen LogP contribution is 2.14. The van der Waals surface area contributed by atoms with Crippen LogP contribution in [0.2, 0.25) is 0 Å². The molecule has 2 heteroatoms. The van der Waals surface area contributed by atoms with Crippen molar-refractivity contribution in [1.82, 2.24) is 0 Å². The standard InChI is InChI=1S/C14H27ClO/c1-2-3-4-5-6-7-8-9-10-14(13-16)11-12-15/h13-14H,2-12H2,1H3. The molecule has 0 spiro atoms. The molecule has 0 saturated heterocycles. The Hall–Kier alpha value is -0.0400. The van der Waals surface area contributed by atoms with E-state index >= 15 is 0 Å². The van der Waals surface area contributed by atoms with E-state index < -0.39 is 0 Å². The van der Waals surface area contributed by atoms with Gasteiger partial charge in [-0.05, 0) is 12.8 Å². The van der Waals surface area contributed by atoms with Gasteiger partial charge in [0.05, 0.1) is 0 Å². The highest BCUT2D eigenvalue weighted by atomic mass is 35.5. The number of rotatable bonds is 12. The predicted octanol–water partition coefficient (Wildman–Crippen LogP) is 4.96. The lowest BCUT2D eigenvalue weighted by Gasteiger charge is -2.07. The first-order valence-corrected chi connectivity index (χ1v) is 7.39. The van der Waals surface area contributed by atoms with Crippen LogP contribution in [0.1, 0.15) is 71.1 Å². The Kier molecular flexibility index (Phi) is 13.0. The Balaban J connectivity index is 3.15. The summed E-state index contributed by atoms with van der Waals surface area (Å²) in [5.41, 5.74) is 0. The van der Waals surface area contributed by atoms with Crippen molar-refractivity contribution >= 4 is 17.9 Å². The number of carbonyl (C=O) groups excluding carboxylic acids is 1. The lowest BCUT2D eigenvalue weighted by atomic mass is 9.99. The van der Waals surface area contributed by atoms with Crippen LogP contribution >= 0.6 is 11.6 Å². The highest BCUT2D eigenvalue weighted by Gasteiger charge is 2.05. The van der Waals surface area contributed by atoms with E-state index in [-0.39, 0.29) is 5.92 Å². The third kappa shape index (κ3) is 10.5. The van der Waals surface area contributed by atoms with Crippen LogP contribution in [0.15, 0.2) is 0 Å². The van der Waals surface area contributed by atoms with Crippen molar-refractivity contribution in [2.45, 2.75) is 71.1 Å². The van der Waals surface area contributed by atoms with Crippen LogP contribution in [0.4, 0.5) is 0 Å². The third-order valence-corrected chi connectivity index (χ3v) is 3.32. The van der Waals surface area contributed by atoms with E-state index in [2.05, 4.69) is 6.92 Å². The summed E-state index contributed by atoms with van der Waals surface area (Å²) in [6, 6.07) is 0. The molecule has 0 aliphatic rings. The second-order valence-electron chi connectivity index (χ2n) is 4.64. The molecule has 0 rings (SSSR count). The molecule has 1 atom stereocenters. The van der Waals surface area contributed by atoms with Gasteiger partial charge in [0, 0.05) is 11.8 Å². The minimum absolute atomic E-state index is 0.206. The summed E-state index contributed by atoms with van der Waals surface area (Å²) in [7, 11) is 0. The van der Waals surface area contributed by atoms with Gasteiger partial charge in [0.25, 0.3) is 0 Å². The Morgan fingerprint density at radius 2 is 1.50 bits per heavy atom. The smallest absolute Gasteiger partial charge is 0.123 e. The molecule has 0 fully saturated rings. The van der Waals surface area contributed by atoms with Crippen molar-refractivity contribution in [2.75, 3.05) is 5.88 Å². The maximum Gasteiger partial charge on any atom is 0.123 e. The zero-order valence-corrected chi connectivity index (χ0v) is 11.5. The maximum atomic E-state index is 10.7. The Morgan fingerprint density at radius 1 is 0.938 bits per heavy atom. The van der Waals surface area contributed by atoms with Crippen LogP contribution in [-0.4, -0.2) is 12.2 Å². The quantitative estimate of drug-likeness (QED) is 0.270. The number of carbonyl (C=O) groups is 1. The second kappa shape index (κ2) is 13.0. The Labute approximate surface area is 106 Å². The average molecular weight is 247 g/mol. The summed E-state index contributed by atoms with van der Waals surface area (Å²) in [5.74, 6) is 0.818. The van der Waals surface area contributed by atoms with E-state index in [4.69, 9.17) is 11.6 Å². The summed E-state index contributed by atoms with van der Waals surface area (Å²) in [6.45, 7) is 2.25. The van der Waals surface area contributed by atoms with Gasteiger partial charge >= 0.3 is 0 Å². The fraction of sp³-hybridized carbons (Fsp3) is 0.929. The number of hydrogen-bond donors (Lipinski definition) is 0. The van der Waals surface area contributed by atoms with E-state index in [1.54, 1.807) is 0 Å². The molecule has 0 N–H and O–H groups in total. The molecule has 1 unspecified atom stereocenters.